The molecule has 6 rings (SSSR count). The lowest BCUT2D eigenvalue weighted by molar-refractivity contribution is 0.0600. The highest BCUT2D eigenvalue weighted by Crippen LogP contribution is 2.26. The van der Waals surface area contributed by atoms with Gasteiger partial charge in [0.25, 0.3) is 0 Å². The lowest BCUT2D eigenvalue weighted by atomic mass is 9.93. The van der Waals surface area contributed by atoms with Crippen LogP contribution in [0.4, 0.5) is 37.0 Å². The van der Waals surface area contributed by atoms with Crippen LogP contribution >= 0.6 is 0 Å². The number of rotatable bonds is 12. The number of methoxy groups -OCH3 is 1. The molecule has 0 radical (unpaired) electrons. The van der Waals surface area contributed by atoms with Gasteiger partial charge >= 0.3 is 18.0 Å². The third-order valence-electron chi connectivity index (χ3n) is 8.53. The number of nitrogens with zero attached hydrogens (tertiary/aromatic N) is 2. The Morgan fingerprint density at radius 2 is 1.12 bits per heavy atom. The van der Waals surface area contributed by atoms with Gasteiger partial charge in [-0.05, 0) is 83.9 Å². The molecule has 6 aromatic rings. The molecule has 4 aromatic carbocycles. The summed E-state index contributed by atoms with van der Waals surface area (Å²) in [6.45, 7) is 12.8. The zero-order valence-corrected chi connectivity index (χ0v) is 34.6. The lowest BCUT2D eigenvalue weighted by Crippen LogP contribution is -2.19. The second-order valence-corrected chi connectivity index (χ2v) is 15.6. The fourth-order valence-electron chi connectivity index (χ4n) is 5.21. The molecule has 2 heterocycles. The highest BCUT2D eigenvalue weighted by Gasteiger charge is 2.21. The van der Waals surface area contributed by atoms with Crippen LogP contribution in [0.2, 0.25) is 0 Å². The van der Waals surface area contributed by atoms with E-state index in [9.17, 15) is 18.8 Å². The van der Waals surface area contributed by atoms with Crippen molar-refractivity contribution in [3.8, 4) is 11.5 Å². The fourth-order valence-corrected chi connectivity index (χ4v) is 5.21. The molecule has 0 fully saturated rings. The molecule has 0 aliphatic heterocycles. The molecule has 14 nitrogen and oxygen atoms in total. The topological polar surface area (TPSA) is 179 Å². The van der Waals surface area contributed by atoms with Crippen molar-refractivity contribution in [1.82, 2.24) is 10.3 Å². The second kappa shape index (κ2) is 20.0. The number of hydrogen-bond donors (Lipinski definition) is 4. The summed E-state index contributed by atoms with van der Waals surface area (Å²) >= 11 is 0. The van der Waals surface area contributed by atoms with E-state index >= 15 is 0 Å². The number of carbonyl (C=O) groups excluding carboxylic acids is 3. The van der Waals surface area contributed by atoms with E-state index in [4.69, 9.17) is 23.3 Å². The van der Waals surface area contributed by atoms with Crippen LogP contribution in [0.1, 0.15) is 74.5 Å². The highest BCUT2D eigenvalue weighted by atomic mass is 19.1. The van der Waals surface area contributed by atoms with Gasteiger partial charge in [0.05, 0.1) is 19.3 Å². The Hall–Kier alpha value is -7.16. The number of aromatic nitrogens is 2. The van der Waals surface area contributed by atoms with Crippen molar-refractivity contribution in [3.63, 3.8) is 0 Å². The molecule has 0 spiro atoms. The van der Waals surface area contributed by atoms with Crippen molar-refractivity contribution in [2.24, 2.45) is 0 Å². The van der Waals surface area contributed by atoms with E-state index in [1.807, 2.05) is 47.6 Å². The Kier molecular flexibility index (Phi) is 14.7. The van der Waals surface area contributed by atoms with E-state index in [2.05, 4.69) is 31.6 Å². The Balaban J connectivity index is 0.000000228. The third-order valence-corrected chi connectivity index (χ3v) is 8.53. The van der Waals surface area contributed by atoms with E-state index in [-0.39, 0.29) is 16.6 Å². The number of anilines is 4. The van der Waals surface area contributed by atoms with Crippen LogP contribution < -0.4 is 30.7 Å². The SMILES string of the molecule is CC(C)(C)c1cc(NC(=O)Nc2ccc(OCCc3ccc(F)cc3)cc2)no1.COC(=O)c1cccc(COc2ccc(NC(=O)Nc3cc(C(C)(C)C)on3)cc2)c1. The summed E-state index contributed by atoms with van der Waals surface area (Å²) in [6, 6.07) is 29.9. The largest absolute Gasteiger partial charge is 0.493 e. The summed E-state index contributed by atoms with van der Waals surface area (Å²) in [5.74, 6) is 2.74. The summed E-state index contributed by atoms with van der Waals surface area (Å²) in [7, 11) is 1.34. The maximum atomic E-state index is 12.9. The predicted molar refractivity (Wildman–Crippen MR) is 226 cm³/mol. The molecular formula is C45H49FN6O8. The quantitative estimate of drug-likeness (QED) is 0.0868. The van der Waals surface area contributed by atoms with Crippen molar-refractivity contribution < 1.29 is 42.0 Å². The zero-order valence-electron chi connectivity index (χ0n) is 34.6. The first-order chi connectivity index (χ1) is 28.5. The molecule has 0 bridgehead atoms. The second-order valence-electron chi connectivity index (χ2n) is 15.6. The van der Waals surface area contributed by atoms with Crippen molar-refractivity contribution in [2.45, 2.75) is 65.4 Å². The van der Waals surface area contributed by atoms with Gasteiger partial charge in [0.2, 0.25) is 0 Å². The van der Waals surface area contributed by atoms with E-state index in [1.165, 1.54) is 19.2 Å². The van der Waals surface area contributed by atoms with Gasteiger partial charge in [0.15, 0.2) is 11.6 Å². The van der Waals surface area contributed by atoms with Gasteiger partial charge in [-0.25, -0.2) is 18.8 Å². The summed E-state index contributed by atoms with van der Waals surface area (Å²) in [4.78, 5) is 35.9. The van der Waals surface area contributed by atoms with E-state index in [0.29, 0.717) is 71.2 Å². The van der Waals surface area contributed by atoms with Gasteiger partial charge in [0.1, 0.15) is 35.4 Å². The summed E-state index contributed by atoms with van der Waals surface area (Å²) < 4.78 is 39.6. The first kappa shape index (κ1) is 44.0. The van der Waals surface area contributed by atoms with Crippen LogP contribution in [-0.2, 0) is 28.6 Å². The molecule has 0 saturated carbocycles. The van der Waals surface area contributed by atoms with Gasteiger partial charge < -0.3 is 33.9 Å². The van der Waals surface area contributed by atoms with Crippen LogP contribution in [0.5, 0.6) is 11.5 Å². The Morgan fingerprint density at radius 1 is 0.617 bits per heavy atom. The molecule has 0 saturated heterocycles. The molecule has 0 aliphatic carbocycles. The maximum Gasteiger partial charge on any atom is 0.337 e. The molecule has 314 valence electrons. The standard InChI is InChI=1S/C23H25N3O5.C22H24FN3O3/c1-23(2,3)19-13-20(26-31-19)25-22(28)24-17-8-10-18(11-9-17)30-14-15-6-5-7-16(12-15)21(27)29-4;1-22(2,3)19-14-20(26-29-19)25-21(27)24-17-8-10-18(11-9-17)28-13-12-15-4-6-16(23)7-5-15/h5-13H,14H2,1-4H3,(H2,24,25,26,28);4-11,14H,12-13H2,1-3H3,(H2,24,25,26,27). The average Bonchev–Trinajstić information content (AvgIpc) is 3.90. The average molecular weight is 821 g/mol. The first-order valence-electron chi connectivity index (χ1n) is 19.0. The number of urea groups is 2. The normalized spacial score (nSPS) is 11.1. The Bertz CT molecular complexity index is 2330. The number of ether oxygens (including phenoxy) is 3. The van der Waals surface area contributed by atoms with Gasteiger partial charge in [0, 0.05) is 40.8 Å². The third kappa shape index (κ3) is 13.7. The van der Waals surface area contributed by atoms with Crippen LogP contribution in [0, 0.1) is 5.82 Å². The lowest BCUT2D eigenvalue weighted by Gasteiger charge is -2.12. The molecule has 4 N–H and O–H groups in total. The Labute approximate surface area is 347 Å². The van der Waals surface area contributed by atoms with Crippen molar-refractivity contribution in [1.29, 1.82) is 0 Å². The van der Waals surface area contributed by atoms with Gasteiger partial charge in [-0.2, -0.15) is 0 Å². The van der Waals surface area contributed by atoms with E-state index in [1.54, 1.807) is 91.0 Å². The van der Waals surface area contributed by atoms with Crippen LogP contribution in [-0.4, -0.2) is 42.1 Å². The molecule has 0 atom stereocenters. The minimum absolute atomic E-state index is 0.185. The number of carbonyl (C=O) groups is 3. The smallest absolute Gasteiger partial charge is 0.337 e. The first-order valence-corrected chi connectivity index (χ1v) is 19.0. The van der Waals surface area contributed by atoms with Crippen LogP contribution in [0.3, 0.4) is 0 Å². The minimum atomic E-state index is -0.429. The number of amides is 4. The molecule has 4 amide bonds. The highest BCUT2D eigenvalue weighted by molar-refractivity contribution is 5.99. The van der Waals surface area contributed by atoms with E-state index < -0.39 is 18.0 Å². The molecule has 2 aromatic heterocycles. The molecule has 15 heteroatoms. The predicted octanol–water partition coefficient (Wildman–Crippen LogP) is 10.4. The van der Waals surface area contributed by atoms with Crippen molar-refractivity contribution >= 4 is 41.0 Å². The molecular weight excluding hydrogens is 772 g/mol. The van der Waals surface area contributed by atoms with Crippen molar-refractivity contribution in [3.05, 3.63) is 143 Å². The fraction of sp³-hybridized carbons (Fsp3) is 0.267. The summed E-state index contributed by atoms with van der Waals surface area (Å²) in [5.41, 5.74) is 3.15. The maximum absolute atomic E-state index is 12.9. The van der Waals surface area contributed by atoms with Gasteiger partial charge in [-0.3, -0.25) is 10.6 Å². The van der Waals surface area contributed by atoms with Gasteiger partial charge in [-0.1, -0.05) is 76.1 Å². The van der Waals surface area contributed by atoms with Gasteiger partial charge in [-0.15, -0.1) is 0 Å². The number of halogens is 1. The molecule has 0 aliphatic rings. The minimum Gasteiger partial charge on any atom is -0.493 e. The Morgan fingerprint density at radius 3 is 1.58 bits per heavy atom. The summed E-state index contributed by atoms with van der Waals surface area (Å²) in [5, 5.41) is 18.4. The molecule has 0 unspecified atom stereocenters. The van der Waals surface area contributed by atoms with Crippen LogP contribution in [0.15, 0.2) is 118 Å². The zero-order chi connectivity index (χ0) is 43.3. The van der Waals surface area contributed by atoms with Crippen molar-refractivity contribution in [2.75, 3.05) is 35.0 Å². The number of nitrogens with one attached hydrogen (secondary N) is 4. The monoisotopic (exact) mass is 820 g/mol. The number of hydrogen-bond acceptors (Lipinski definition) is 10. The molecule has 60 heavy (non-hydrogen) atoms. The van der Waals surface area contributed by atoms with E-state index in [0.717, 1.165) is 11.1 Å². The number of benzene rings is 4. The van der Waals surface area contributed by atoms with Crippen LogP contribution in [0.25, 0.3) is 0 Å². The number of esters is 1. The summed E-state index contributed by atoms with van der Waals surface area (Å²) in [6.07, 6.45) is 0.678.